The van der Waals surface area contributed by atoms with Crippen molar-refractivity contribution in [1.82, 2.24) is 9.88 Å². The molecule has 0 fully saturated rings. The van der Waals surface area contributed by atoms with E-state index in [2.05, 4.69) is 9.71 Å². The number of rotatable bonds is 5. The van der Waals surface area contributed by atoms with Gasteiger partial charge in [0.2, 0.25) is 0 Å². The second kappa shape index (κ2) is 7.92. The van der Waals surface area contributed by atoms with Gasteiger partial charge in [0.1, 0.15) is 11.5 Å². The molecule has 31 heavy (non-hydrogen) atoms. The van der Waals surface area contributed by atoms with Gasteiger partial charge in [-0.1, -0.05) is 29.3 Å². The van der Waals surface area contributed by atoms with Crippen LogP contribution in [-0.2, 0) is 16.6 Å². The number of carbonyl (C=O) groups is 2. The molecule has 1 aliphatic rings. The lowest BCUT2D eigenvalue weighted by molar-refractivity contribution is 0.0639. The Balaban J connectivity index is 1.69. The number of benzene rings is 2. The van der Waals surface area contributed by atoms with Gasteiger partial charge in [-0.15, -0.1) is 0 Å². The molecule has 1 N–H and O–H groups in total. The van der Waals surface area contributed by atoms with Crippen LogP contribution in [0.25, 0.3) is 0 Å². The second-order valence-corrected chi connectivity index (χ2v) is 9.05. The molecular formula is C20H12Cl2FN3O4S. The highest BCUT2D eigenvalue weighted by molar-refractivity contribution is 7.92. The Morgan fingerprint density at radius 3 is 2.48 bits per heavy atom. The molecule has 1 aromatic heterocycles. The zero-order valence-electron chi connectivity index (χ0n) is 15.5. The standard InChI is InChI=1S/C20H12Cl2FN3O4S/c21-15-6-5-13(9-16(15)22)25-31(29,30)17-8-12(23)4-3-11(17)10-26-19(27)14-2-1-7-24-18(14)20(26)28/h1-9,25H,10H2. The molecule has 0 unspecified atom stereocenters. The van der Waals surface area contributed by atoms with Gasteiger partial charge in [-0.2, -0.15) is 0 Å². The molecule has 11 heteroatoms. The van der Waals surface area contributed by atoms with Crippen LogP contribution in [0.3, 0.4) is 0 Å². The third-order valence-electron chi connectivity index (χ3n) is 4.55. The quantitative estimate of drug-likeness (QED) is 0.555. The Kier molecular flexibility index (Phi) is 5.42. The average molecular weight is 480 g/mol. The minimum absolute atomic E-state index is 0.0204. The Morgan fingerprint density at radius 2 is 1.77 bits per heavy atom. The highest BCUT2D eigenvalue weighted by atomic mass is 35.5. The number of nitrogens with one attached hydrogen (secondary N) is 1. The van der Waals surface area contributed by atoms with Crippen LogP contribution in [-0.4, -0.2) is 30.1 Å². The van der Waals surface area contributed by atoms with Crippen molar-refractivity contribution in [2.75, 3.05) is 4.72 Å². The van der Waals surface area contributed by atoms with Gasteiger partial charge in [-0.05, 0) is 48.0 Å². The van der Waals surface area contributed by atoms with Crippen molar-refractivity contribution in [3.63, 3.8) is 0 Å². The van der Waals surface area contributed by atoms with Crippen molar-refractivity contribution in [3.8, 4) is 0 Å². The molecule has 0 bridgehead atoms. The molecule has 3 aromatic rings. The monoisotopic (exact) mass is 479 g/mol. The van der Waals surface area contributed by atoms with Gasteiger partial charge < -0.3 is 0 Å². The maximum Gasteiger partial charge on any atom is 0.280 e. The van der Waals surface area contributed by atoms with Gasteiger partial charge in [0, 0.05) is 6.20 Å². The van der Waals surface area contributed by atoms with E-state index < -0.39 is 32.6 Å². The molecule has 0 saturated heterocycles. The van der Waals surface area contributed by atoms with E-state index in [9.17, 15) is 22.4 Å². The molecule has 0 aliphatic carbocycles. The first-order valence-corrected chi connectivity index (χ1v) is 11.0. The lowest BCUT2D eigenvalue weighted by Gasteiger charge is -2.17. The lowest BCUT2D eigenvalue weighted by Crippen LogP contribution is -2.30. The molecule has 2 heterocycles. The van der Waals surface area contributed by atoms with E-state index in [4.69, 9.17) is 23.2 Å². The largest absolute Gasteiger partial charge is 0.280 e. The Morgan fingerprint density at radius 1 is 1.00 bits per heavy atom. The summed E-state index contributed by atoms with van der Waals surface area (Å²) >= 11 is 11.8. The fourth-order valence-corrected chi connectivity index (χ4v) is 4.70. The van der Waals surface area contributed by atoms with E-state index in [1.165, 1.54) is 42.6 Å². The zero-order valence-corrected chi connectivity index (χ0v) is 17.8. The van der Waals surface area contributed by atoms with Crippen LogP contribution < -0.4 is 4.72 Å². The van der Waals surface area contributed by atoms with Crippen LogP contribution in [0.4, 0.5) is 10.1 Å². The second-order valence-electron chi connectivity index (χ2n) is 6.58. The summed E-state index contributed by atoms with van der Waals surface area (Å²) in [5.41, 5.74) is 0.249. The highest BCUT2D eigenvalue weighted by Crippen LogP contribution is 2.29. The van der Waals surface area contributed by atoms with Gasteiger partial charge in [0.15, 0.2) is 0 Å². The number of amides is 2. The minimum Gasteiger partial charge on any atom is -0.280 e. The zero-order chi connectivity index (χ0) is 22.3. The van der Waals surface area contributed by atoms with Crippen molar-refractivity contribution in [3.05, 3.63) is 87.4 Å². The number of hydrogen-bond donors (Lipinski definition) is 1. The van der Waals surface area contributed by atoms with Crippen molar-refractivity contribution in [2.24, 2.45) is 0 Å². The van der Waals surface area contributed by atoms with Crippen molar-refractivity contribution in [2.45, 2.75) is 11.4 Å². The number of halogens is 3. The summed E-state index contributed by atoms with van der Waals surface area (Å²) in [6.07, 6.45) is 1.38. The summed E-state index contributed by atoms with van der Waals surface area (Å²) < 4.78 is 42.2. The Bertz CT molecular complexity index is 1310. The fourth-order valence-electron chi connectivity index (χ4n) is 3.11. The molecule has 2 amide bonds. The van der Waals surface area contributed by atoms with E-state index in [0.717, 1.165) is 17.0 Å². The maximum absolute atomic E-state index is 13.9. The van der Waals surface area contributed by atoms with Gasteiger partial charge in [0.05, 0.1) is 32.7 Å². The number of hydrogen-bond acceptors (Lipinski definition) is 5. The number of aromatic nitrogens is 1. The smallest absolute Gasteiger partial charge is 0.280 e. The number of sulfonamides is 1. The molecule has 0 spiro atoms. The summed E-state index contributed by atoms with van der Waals surface area (Å²) in [5.74, 6) is -2.08. The number of pyridine rings is 1. The van der Waals surface area contributed by atoms with E-state index in [1.54, 1.807) is 0 Å². The number of anilines is 1. The molecule has 4 rings (SSSR count). The molecule has 0 radical (unpaired) electrons. The summed E-state index contributed by atoms with van der Waals surface area (Å²) in [5, 5.41) is 0.357. The lowest BCUT2D eigenvalue weighted by atomic mass is 10.2. The summed E-state index contributed by atoms with van der Waals surface area (Å²) in [7, 11) is -4.30. The maximum atomic E-state index is 13.9. The predicted octanol–water partition coefficient (Wildman–Crippen LogP) is 4.12. The molecule has 158 valence electrons. The van der Waals surface area contributed by atoms with Crippen LogP contribution in [0.15, 0.2) is 59.6 Å². The van der Waals surface area contributed by atoms with Crippen molar-refractivity contribution in [1.29, 1.82) is 0 Å². The Labute approximate surface area is 186 Å². The van der Waals surface area contributed by atoms with E-state index in [0.29, 0.717) is 0 Å². The molecule has 0 atom stereocenters. The van der Waals surface area contributed by atoms with Gasteiger partial charge >= 0.3 is 0 Å². The van der Waals surface area contributed by atoms with E-state index >= 15 is 0 Å². The number of carbonyl (C=O) groups excluding carboxylic acids is 2. The number of imide groups is 1. The fraction of sp³-hybridized carbons (Fsp3) is 0.0500. The van der Waals surface area contributed by atoms with Crippen molar-refractivity contribution < 1.29 is 22.4 Å². The summed E-state index contributed by atoms with van der Waals surface area (Å²) in [4.78, 5) is 29.5. The van der Waals surface area contributed by atoms with Gasteiger partial charge in [-0.25, -0.2) is 12.8 Å². The molecule has 2 aromatic carbocycles. The summed E-state index contributed by atoms with van der Waals surface area (Å²) in [6, 6.07) is 10.1. The third kappa shape index (κ3) is 3.99. The minimum atomic E-state index is -4.30. The predicted molar refractivity (Wildman–Crippen MR) is 112 cm³/mol. The molecule has 1 aliphatic heterocycles. The average Bonchev–Trinajstić information content (AvgIpc) is 2.97. The first-order valence-electron chi connectivity index (χ1n) is 8.75. The normalized spacial score (nSPS) is 13.5. The third-order valence-corrected chi connectivity index (χ3v) is 6.75. The van der Waals surface area contributed by atoms with Crippen LogP contribution in [0.1, 0.15) is 26.4 Å². The summed E-state index contributed by atoms with van der Waals surface area (Å²) in [6.45, 7) is -0.383. The van der Waals surface area contributed by atoms with Crippen LogP contribution in [0, 0.1) is 5.82 Å². The topological polar surface area (TPSA) is 96.4 Å². The molecular weight excluding hydrogens is 468 g/mol. The number of nitrogens with zero attached hydrogens (tertiary/aromatic N) is 2. The Hall–Kier alpha value is -3.01. The SMILES string of the molecule is O=C1c2cccnc2C(=O)N1Cc1ccc(F)cc1S(=O)(=O)Nc1ccc(Cl)c(Cl)c1. The van der Waals surface area contributed by atoms with Crippen LogP contribution in [0.2, 0.25) is 10.0 Å². The first-order chi connectivity index (χ1) is 14.7. The van der Waals surface area contributed by atoms with Crippen molar-refractivity contribution >= 4 is 50.7 Å². The van der Waals surface area contributed by atoms with Crippen LogP contribution in [0.5, 0.6) is 0 Å². The van der Waals surface area contributed by atoms with E-state index in [1.807, 2.05) is 0 Å². The highest BCUT2D eigenvalue weighted by Gasteiger charge is 2.37. The van der Waals surface area contributed by atoms with Gasteiger partial charge in [0.25, 0.3) is 21.8 Å². The van der Waals surface area contributed by atoms with E-state index in [-0.39, 0.29) is 39.1 Å². The van der Waals surface area contributed by atoms with Crippen LogP contribution >= 0.6 is 23.2 Å². The first kappa shape index (κ1) is 21.2. The van der Waals surface area contributed by atoms with Gasteiger partial charge in [-0.3, -0.25) is 24.2 Å². The number of fused-ring (bicyclic) bond motifs is 1. The molecule has 0 saturated carbocycles. The molecule has 7 nitrogen and oxygen atoms in total.